The number of nitrogens with one attached hydrogen (secondary N) is 1. The van der Waals surface area contributed by atoms with E-state index < -0.39 is 10.0 Å². The van der Waals surface area contributed by atoms with Crippen molar-refractivity contribution in [1.82, 2.24) is 0 Å². The average molecular weight is 402 g/mol. The lowest BCUT2D eigenvalue weighted by Gasteiger charge is -2.57. The van der Waals surface area contributed by atoms with Gasteiger partial charge in [0, 0.05) is 10.7 Å². The Labute approximate surface area is 166 Å². The summed E-state index contributed by atoms with van der Waals surface area (Å²) in [6.07, 6.45) is 8.23. The first-order chi connectivity index (χ1) is 12.9. The van der Waals surface area contributed by atoms with Crippen molar-refractivity contribution in [2.75, 3.05) is 4.72 Å². The van der Waals surface area contributed by atoms with Crippen LogP contribution in [-0.2, 0) is 15.4 Å². The fourth-order valence-electron chi connectivity index (χ4n) is 6.18. The first-order valence-electron chi connectivity index (χ1n) is 9.81. The maximum absolute atomic E-state index is 12.6. The van der Waals surface area contributed by atoms with Crippen LogP contribution in [-0.4, -0.2) is 8.42 Å². The van der Waals surface area contributed by atoms with E-state index >= 15 is 0 Å². The van der Waals surface area contributed by atoms with E-state index in [0.29, 0.717) is 16.1 Å². The van der Waals surface area contributed by atoms with Gasteiger partial charge in [-0.3, -0.25) is 4.72 Å². The van der Waals surface area contributed by atoms with E-state index in [-0.39, 0.29) is 4.90 Å². The summed E-state index contributed by atoms with van der Waals surface area (Å²) < 4.78 is 27.8. The molecule has 0 amide bonds. The number of hydrogen-bond acceptors (Lipinski definition) is 2. The lowest BCUT2D eigenvalue weighted by Crippen LogP contribution is -2.48. The average Bonchev–Trinajstić information content (AvgIpc) is 2.61. The van der Waals surface area contributed by atoms with Gasteiger partial charge in [0.15, 0.2) is 0 Å². The van der Waals surface area contributed by atoms with Gasteiger partial charge in [-0.15, -0.1) is 0 Å². The van der Waals surface area contributed by atoms with Crippen LogP contribution in [0.25, 0.3) is 0 Å². The van der Waals surface area contributed by atoms with Crippen molar-refractivity contribution in [3.05, 3.63) is 59.1 Å². The zero-order valence-electron chi connectivity index (χ0n) is 15.2. The second kappa shape index (κ2) is 6.25. The standard InChI is InChI=1S/C22H24ClNO2S/c23-19-3-7-21(8-4-19)27(25,26)24-20-5-1-18(2-6-20)22-12-15-9-16(13-22)11-17(10-15)14-22/h1-8,15-17,24H,9-14H2. The summed E-state index contributed by atoms with van der Waals surface area (Å²) in [6, 6.07) is 14.4. The third-order valence-corrected chi connectivity index (χ3v) is 8.56. The van der Waals surface area contributed by atoms with Crippen molar-refractivity contribution in [3.8, 4) is 0 Å². The van der Waals surface area contributed by atoms with Gasteiger partial charge in [-0.25, -0.2) is 8.42 Å². The Bertz CT molecular complexity index is 916. The van der Waals surface area contributed by atoms with Crippen LogP contribution < -0.4 is 4.72 Å². The van der Waals surface area contributed by atoms with Crippen molar-refractivity contribution in [2.45, 2.75) is 48.8 Å². The lowest BCUT2D eigenvalue weighted by atomic mass is 9.48. The summed E-state index contributed by atoms with van der Waals surface area (Å²) in [5.74, 6) is 2.71. The highest BCUT2D eigenvalue weighted by Crippen LogP contribution is 2.60. The number of hydrogen-bond donors (Lipinski definition) is 1. The molecule has 2 aromatic carbocycles. The summed E-state index contributed by atoms with van der Waals surface area (Å²) in [5.41, 5.74) is 2.34. The number of benzene rings is 2. The SMILES string of the molecule is O=S(=O)(Nc1ccc(C23CC4CC(CC(C4)C2)C3)cc1)c1ccc(Cl)cc1. The summed E-state index contributed by atoms with van der Waals surface area (Å²) in [4.78, 5) is 0.220. The predicted molar refractivity (Wildman–Crippen MR) is 109 cm³/mol. The zero-order valence-corrected chi connectivity index (χ0v) is 16.8. The van der Waals surface area contributed by atoms with Gasteiger partial charge in [0.1, 0.15) is 0 Å². The largest absolute Gasteiger partial charge is 0.280 e. The molecule has 3 nitrogen and oxygen atoms in total. The van der Waals surface area contributed by atoms with Gasteiger partial charge in [0.05, 0.1) is 4.90 Å². The zero-order chi connectivity index (χ0) is 18.6. The van der Waals surface area contributed by atoms with Gasteiger partial charge in [-0.1, -0.05) is 23.7 Å². The maximum atomic E-state index is 12.6. The molecule has 0 radical (unpaired) electrons. The second-order valence-corrected chi connectivity index (χ2v) is 11.0. The molecule has 0 saturated heterocycles. The van der Waals surface area contributed by atoms with Crippen LogP contribution in [0.1, 0.15) is 44.1 Å². The van der Waals surface area contributed by atoms with Crippen LogP contribution in [0.3, 0.4) is 0 Å². The highest BCUT2D eigenvalue weighted by atomic mass is 35.5. The van der Waals surface area contributed by atoms with Crippen LogP contribution in [0, 0.1) is 17.8 Å². The first kappa shape index (κ1) is 17.6. The first-order valence-corrected chi connectivity index (χ1v) is 11.7. The minimum Gasteiger partial charge on any atom is -0.280 e. The van der Waals surface area contributed by atoms with Gasteiger partial charge in [0.2, 0.25) is 0 Å². The van der Waals surface area contributed by atoms with Crippen LogP contribution in [0.4, 0.5) is 5.69 Å². The molecule has 0 aliphatic heterocycles. The van der Waals surface area contributed by atoms with Crippen molar-refractivity contribution in [3.63, 3.8) is 0 Å². The molecule has 0 unspecified atom stereocenters. The normalized spacial score (nSPS) is 31.8. The minimum absolute atomic E-state index is 0.220. The Balaban J connectivity index is 1.37. The Kier molecular flexibility index (Phi) is 4.07. The third kappa shape index (κ3) is 3.17. The highest BCUT2D eigenvalue weighted by molar-refractivity contribution is 7.92. The van der Waals surface area contributed by atoms with Gasteiger partial charge in [-0.05, 0) is 104 Å². The van der Waals surface area contributed by atoms with Crippen molar-refractivity contribution >= 4 is 27.3 Å². The van der Waals surface area contributed by atoms with Gasteiger partial charge in [0.25, 0.3) is 10.0 Å². The van der Waals surface area contributed by atoms with Crippen LogP contribution in [0.2, 0.25) is 5.02 Å². The molecule has 1 N–H and O–H groups in total. The van der Waals surface area contributed by atoms with Gasteiger partial charge >= 0.3 is 0 Å². The molecule has 0 heterocycles. The molecule has 0 atom stereocenters. The van der Waals surface area contributed by atoms with Crippen LogP contribution in [0.15, 0.2) is 53.4 Å². The molecular weight excluding hydrogens is 378 g/mol. The summed E-state index contributed by atoms with van der Waals surface area (Å²) >= 11 is 5.85. The maximum Gasteiger partial charge on any atom is 0.261 e. The Morgan fingerprint density at radius 1 is 0.815 bits per heavy atom. The van der Waals surface area contributed by atoms with E-state index in [1.54, 1.807) is 12.1 Å². The Morgan fingerprint density at radius 2 is 1.33 bits per heavy atom. The number of sulfonamides is 1. The third-order valence-electron chi connectivity index (χ3n) is 6.91. The molecule has 4 saturated carbocycles. The molecule has 0 aromatic heterocycles. The van der Waals surface area contributed by atoms with E-state index in [4.69, 9.17) is 11.6 Å². The van der Waals surface area contributed by atoms with Gasteiger partial charge < -0.3 is 0 Å². The molecular formula is C22H24ClNO2S. The quantitative estimate of drug-likeness (QED) is 0.723. The molecule has 0 spiro atoms. The monoisotopic (exact) mass is 401 g/mol. The Morgan fingerprint density at radius 3 is 1.85 bits per heavy atom. The van der Waals surface area contributed by atoms with E-state index in [9.17, 15) is 8.42 Å². The van der Waals surface area contributed by atoms with E-state index in [1.807, 2.05) is 12.1 Å². The van der Waals surface area contributed by atoms with Crippen molar-refractivity contribution in [1.29, 1.82) is 0 Å². The van der Waals surface area contributed by atoms with Crippen molar-refractivity contribution < 1.29 is 8.42 Å². The number of halogens is 1. The van der Waals surface area contributed by atoms with Crippen molar-refractivity contribution in [2.24, 2.45) is 17.8 Å². The molecule has 27 heavy (non-hydrogen) atoms. The molecule has 142 valence electrons. The molecule has 2 aromatic rings. The van der Waals surface area contributed by atoms with E-state index in [1.165, 1.54) is 56.2 Å². The van der Waals surface area contributed by atoms with E-state index in [0.717, 1.165) is 17.8 Å². The summed E-state index contributed by atoms with van der Waals surface area (Å²) in [6.45, 7) is 0. The Hall–Kier alpha value is -1.52. The number of anilines is 1. The van der Waals surface area contributed by atoms with Crippen LogP contribution in [0.5, 0.6) is 0 Å². The molecule has 5 heteroatoms. The predicted octanol–water partition coefficient (Wildman–Crippen LogP) is 5.61. The number of rotatable bonds is 4. The summed E-state index contributed by atoms with van der Waals surface area (Å²) in [7, 11) is -3.60. The molecule has 4 fully saturated rings. The topological polar surface area (TPSA) is 46.2 Å². The minimum atomic E-state index is -3.60. The fourth-order valence-corrected chi connectivity index (χ4v) is 7.37. The molecule has 4 aliphatic rings. The van der Waals surface area contributed by atoms with Gasteiger partial charge in [-0.2, -0.15) is 0 Å². The second-order valence-electron chi connectivity index (χ2n) is 8.83. The molecule has 6 rings (SSSR count). The van der Waals surface area contributed by atoms with E-state index in [2.05, 4.69) is 16.9 Å². The smallest absolute Gasteiger partial charge is 0.261 e. The lowest BCUT2D eigenvalue weighted by molar-refractivity contribution is -0.00518. The fraction of sp³-hybridized carbons (Fsp3) is 0.455. The molecule has 4 bridgehead atoms. The summed E-state index contributed by atoms with van der Waals surface area (Å²) in [5, 5.41) is 0.522. The molecule has 4 aliphatic carbocycles. The highest BCUT2D eigenvalue weighted by Gasteiger charge is 2.51. The van der Waals surface area contributed by atoms with Crippen LogP contribution >= 0.6 is 11.6 Å².